The van der Waals surface area contributed by atoms with Gasteiger partial charge in [0.2, 0.25) is 0 Å². The van der Waals surface area contributed by atoms with Gasteiger partial charge in [-0.05, 0) is 27.3 Å². The number of piperazine rings is 1. The summed E-state index contributed by atoms with van der Waals surface area (Å²) in [6.07, 6.45) is 1.19. The molecule has 1 unspecified atom stereocenters. The Morgan fingerprint density at radius 2 is 2.00 bits per heavy atom. The van der Waals surface area contributed by atoms with E-state index in [1.807, 2.05) is 0 Å². The highest BCUT2D eigenvalue weighted by Crippen LogP contribution is 2.19. The molecule has 1 heterocycles. The second kappa shape index (κ2) is 4.60. The van der Waals surface area contributed by atoms with E-state index in [1.165, 1.54) is 6.42 Å². The monoisotopic (exact) mass is 200 g/mol. The summed E-state index contributed by atoms with van der Waals surface area (Å²) in [5.41, 5.74) is -0.0608. The van der Waals surface area contributed by atoms with Crippen LogP contribution in [0.3, 0.4) is 0 Å². The molecule has 0 radical (unpaired) electrons. The Morgan fingerprint density at radius 3 is 2.50 bits per heavy atom. The van der Waals surface area contributed by atoms with Crippen LogP contribution in [0.15, 0.2) is 0 Å². The van der Waals surface area contributed by atoms with Crippen molar-refractivity contribution < 1.29 is 5.11 Å². The molecule has 84 valence electrons. The zero-order valence-corrected chi connectivity index (χ0v) is 9.95. The van der Waals surface area contributed by atoms with Crippen molar-refractivity contribution in [2.75, 3.05) is 33.3 Å². The van der Waals surface area contributed by atoms with Crippen molar-refractivity contribution >= 4 is 0 Å². The molecule has 3 heteroatoms. The molecule has 14 heavy (non-hydrogen) atoms. The Hall–Kier alpha value is -0.120. The lowest BCUT2D eigenvalue weighted by Crippen LogP contribution is -2.59. The maximum absolute atomic E-state index is 9.32. The molecule has 1 N–H and O–H groups in total. The van der Waals surface area contributed by atoms with Crippen LogP contribution in [0.25, 0.3) is 0 Å². The van der Waals surface area contributed by atoms with Gasteiger partial charge in [0, 0.05) is 31.2 Å². The van der Waals surface area contributed by atoms with Gasteiger partial charge in [-0.1, -0.05) is 6.92 Å². The lowest BCUT2D eigenvalue weighted by Gasteiger charge is -2.46. The molecule has 0 saturated carbocycles. The van der Waals surface area contributed by atoms with Gasteiger partial charge in [0.1, 0.15) is 0 Å². The fraction of sp³-hybridized carbons (Fsp3) is 1.00. The maximum Gasteiger partial charge on any atom is 0.0610 e. The van der Waals surface area contributed by atoms with Crippen molar-refractivity contribution in [1.82, 2.24) is 9.80 Å². The van der Waals surface area contributed by atoms with Crippen molar-refractivity contribution in [3.63, 3.8) is 0 Å². The van der Waals surface area contributed by atoms with Gasteiger partial charge in [-0.3, -0.25) is 4.90 Å². The van der Waals surface area contributed by atoms with E-state index in [2.05, 4.69) is 37.6 Å². The third kappa shape index (κ3) is 2.47. The lowest BCUT2D eigenvalue weighted by molar-refractivity contribution is -0.00276. The first-order valence-electron chi connectivity index (χ1n) is 5.57. The highest BCUT2D eigenvalue weighted by Gasteiger charge is 2.32. The summed E-state index contributed by atoms with van der Waals surface area (Å²) in [5, 5.41) is 9.32. The van der Waals surface area contributed by atoms with E-state index in [1.54, 1.807) is 0 Å². The van der Waals surface area contributed by atoms with Gasteiger partial charge < -0.3 is 10.0 Å². The summed E-state index contributed by atoms with van der Waals surface area (Å²) in [6, 6.07) is 0.648. The van der Waals surface area contributed by atoms with E-state index in [0.717, 1.165) is 19.6 Å². The topological polar surface area (TPSA) is 26.7 Å². The van der Waals surface area contributed by atoms with Gasteiger partial charge in [0.15, 0.2) is 0 Å². The minimum atomic E-state index is -0.0608. The number of hydrogen-bond acceptors (Lipinski definition) is 3. The van der Waals surface area contributed by atoms with Gasteiger partial charge in [-0.25, -0.2) is 0 Å². The van der Waals surface area contributed by atoms with Crippen molar-refractivity contribution in [3.05, 3.63) is 0 Å². The molecular weight excluding hydrogens is 176 g/mol. The first-order valence-corrected chi connectivity index (χ1v) is 5.57. The fourth-order valence-electron chi connectivity index (χ4n) is 2.04. The Morgan fingerprint density at radius 1 is 1.36 bits per heavy atom. The first-order chi connectivity index (χ1) is 6.51. The van der Waals surface area contributed by atoms with E-state index in [-0.39, 0.29) is 12.1 Å². The maximum atomic E-state index is 9.32. The SMILES string of the molecule is CCC1CN(C(C)(C)CO)CCN1C. The predicted octanol–water partition coefficient (Wildman–Crippen LogP) is 0.783. The number of aliphatic hydroxyl groups is 1. The largest absolute Gasteiger partial charge is 0.394 e. The first kappa shape index (κ1) is 12.0. The standard InChI is InChI=1S/C11H24N2O/c1-5-10-8-13(7-6-12(10)4)11(2,3)9-14/h10,14H,5-9H2,1-4H3. The van der Waals surface area contributed by atoms with Crippen molar-refractivity contribution in [2.45, 2.75) is 38.8 Å². The molecule has 1 fully saturated rings. The molecule has 0 amide bonds. The van der Waals surface area contributed by atoms with Crippen LogP contribution in [-0.2, 0) is 0 Å². The van der Waals surface area contributed by atoms with E-state index in [0.29, 0.717) is 6.04 Å². The molecule has 0 aromatic rings. The van der Waals surface area contributed by atoms with Crippen LogP contribution in [0.2, 0.25) is 0 Å². The van der Waals surface area contributed by atoms with Gasteiger partial charge in [0.05, 0.1) is 6.61 Å². The Bertz CT molecular complexity index is 182. The van der Waals surface area contributed by atoms with Gasteiger partial charge in [-0.15, -0.1) is 0 Å². The van der Waals surface area contributed by atoms with Crippen LogP contribution in [-0.4, -0.2) is 59.8 Å². The lowest BCUT2D eigenvalue weighted by atomic mass is 10.00. The number of hydrogen-bond donors (Lipinski definition) is 1. The van der Waals surface area contributed by atoms with E-state index >= 15 is 0 Å². The summed E-state index contributed by atoms with van der Waals surface area (Å²) in [7, 11) is 2.19. The number of nitrogens with zero attached hydrogens (tertiary/aromatic N) is 2. The van der Waals surface area contributed by atoms with Crippen LogP contribution >= 0.6 is 0 Å². The van der Waals surface area contributed by atoms with E-state index < -0.39 is 0 Å². The molecule has 0 bridgehead atoms. The smallest absolute Gasteiger partial charge is 0.0610 e. The van der Waals surface area contributed by atoms with Crippen LogP contribution in [0, 0.1) is 0 Å². The zero-order chi connectivity index (χ0) is 10.8. The van der Waals surface area contributed by atoms with E-state index in [9.17, 15) is 5.11 Å². The number of aliphatic hydroxyl groups excluding tert-OH is 1. The molecule has 0 aromatic heterocycles. The van der Waals surface area contributed by atoms with Crippen molar-refractivity contribution in [2.24, 2.45) is 0 Å². The van der Waals surface area contributed by atoms with Crippen LogP contribution in [0.4, 0.5) is 0 Å². The molecule has 0 aliphatic carbocycles. The minimum absolute atomic E-state index is 0.0608. The Balaban J connectivity index is 2.58. The number of rotatable bonds is 3. The second-order valence-corrected chi connectivity index (χ2v) is 4.96. The van der Waals surface area contributed by atoms with Crippen molar-refractivity contribution in [3.8, 4) is 0 Å². The molecule has 0 spiro atoms. The minimum Gasteiger partial charge on any atom is -0.394 e. The molecule has 1 saturated heterocycles. The summed E-state index contributed by atoms with van der Waals surface area (Å²) in [4.78, 5) is 4.82. The summed E-state index contributed by atoms with van der Waals surface area (Å²) in [6.45, 7) is 9.98. The third-order valence-corrected chi connectivity index (χ3v) is 3.49. The van der Waals surface area contributed by atoms with Gasteiger partial charge in [0.25, 0.3) is 0 Å². The molecule has 1 aliphatic rings. The van der Waals surface area contributed by atoms with Crippen LogP contribution < -0.4 is 0 Å². The average Bonchev–Trinajstić information content (AvgIpc) is 2.18. The zero-order valence-electron chi connectivity index (χ0n) is 9.95. The third-order valence-electron chi connectivity index (χ3n) is 3.49. The Labute approximate surface area is 87.7 Å². The normalized spacial score (nSPS) is 26.8. The molecule has 3 nitrogen and oxygen atoms in total. The summed E-state index contributed by atoms with van der Waals surface area (Å²) in [5.74, 6) is 0. The number of likely N-dealkylation sites (N-methyl/N-ethyl adjacent to an activating group) is 1. The molecule has 1 rings (SSSR count). The average molecular weight is 200 g/mol. The van der Waals surface area contributed by atoms with Crippen LogP contribution in [0.5, 0.6) is 0 Å². The molecule has 1 atom stereocenters. The molecule has 0 aromatic carbocycles. The highest BCUT2D eigenvalue weighted by atomic mass is 16.3. The van der Waals surface area contributed by atoms with Gasteiger partial charge >= 0.3 is 0 Å². The van der Waals surface area contributed by atoms with Gasteiger partial charge in [-0.2, -0.15) is 0 Å². The van der Waals surface area contributed by atoms with E-state index in [4.69, 9.17) is 0 Å². The predicted molar refractivity (Wildman–Crippen MR) is 59.4 cm³/mol. The summed E-state index contributed by atoms with van der Waals surface area (Å²) < 4.78 is 0. The molecule has 1 aliphatic heterocycles. The summed E-state index contributed by atoms with van der Waals surface area (Å²) >= 11 is 0. The highest BCUT2D eigenvalue weighted by molar-refractivity contribution is 4.88. The second-order valence-electron chi connectivity index (χ2n) is 4.96. The molecular formula is C11H24N2O. The van der Waals surface area contributed by atoms with Crippen molar-refractivity contribution in [1.29, 1.82) is 0 Å². The Kier molecular flexibility index (Phi) is 3.93. The quantitative estimate of drug-likeness (QED) is 0.729. The van der Waals surface area contributed by atoms with Crippen LogP contribution in [0.1, 0.15) is 27.2 Å². The fourth-order valence-corrected chi connectivity index (χ4v) is 2.04.